The third kappa shape index (κ3) is 3.32. The summed E-state index contributed by atoms with van der Waals surface area (Å²) in [6, 6.07) is 10.2. The molecule has 2 rings (SSSR count). The van der Waals surface area contributed by atoms with Crippen molar-refractivity contribution >= 4 is 22.4 Å². The summed E-state index contributed by atoms with van der Waals surface area (Å²) in [6.07, 6.45) is 0.915. The van der Waals surface area contributed by atoms with Crippen molar-refractivity contribution in [3.05, 3.63) is 46.5 Å². The molecule has 0 spiro atoms. The maximum atomic E-state index is 11.0. The second-order valence-corrected chi connectivity index (χ2v) is 5.35. The summed E-state index contributed by atoms with van der Waals surface area (Å²) in [6.45, 7) is 2.55. The summed E-state index contributed by atoms with van der Waals surface area (Å²) in [5.41, 5.74) is 1.85. The van der Waals surface area contributed by atoms with Crippen LogP contribution in [0.1, 0.15) is 20.9 Å². The molecule has 100 valence electrons. The fraction of sp³-hybridized carbons (Fsp3) is 0.286. The molecule has 0 unspecified atom stereocenters. The van der Waals surface area contributed by atoms with Crippen LogP contribution in [0.25, 0.3) is 0 Å². The summed E-state index contributed by atoms with van der Waals surface area (Å²) in [4.78, 5) is 17.6. The molecule has 0 radical (unpaired) electrons. The first-order chi connectivity index (χ1) is 9.08. The second kappa shape index (κ2) is 5.84. The molecule has 4 nitrogen and oxygen atoms in total. The fourth-order valence-electron chi connectivity index (χ4n) is 1.78. The number of aromatic carboxylic acids is 1. The van der Waals surface area contributed by atoms with Crippen molar-refractivity contribution in [1.82, 2.24) is 4.98 Å². The van der Waals surface area contributed by atoms with Crippen LogP contribution in [0.15, 0.2) is 30.3 Å². The maximum Gasteiger partial charge on any atom is 0.347 e. The molecule has 0 aliphatic rings. The lowest BCUT2D eigenvalue weighted by Gasteiger charge is -2.15. The quantitative estimate of drug-likeness (QED) is 0.912. The summed E-state index contributed by atoms with van der Waals surface area (Å²) in [7, 11) is 1.94. The van der Waals surface area contributed by atoms with Crippen molar-refractivity contribution in [2.75, 3.05) is 18.5 Å². The topological polar surface area (TPSA) is 53.4 Å². The van der Waals surface area contributed by atoms with Gasteiger partial charge in [-0.05, 0) is 18.9 Å². The molecule has 0 bridgehead atoms. The molecular weight excluding hydrogens is 260 g/mol. The van der Waals surface area contributed by atoms with Gasteiger partial charge in [0.25, 0.3) is 0 Å². The average Bonchev–Trinajstić information content (AvgIpc) is 2.79. The minimum atomic E-state index is -0.905. The molecule has 0 amide bonds. The van der Waals surface area contributed by atoms with Crippen LogP contribution in [0.3, 0.4) is 0 Å². The van der Waals surface area contributed by atoms with Crippen molar-refractivity contribution in [1.29, 1.82) is 0 Å². The van der Waals surface area contributed by atoms with E-state index in [1.165, 1.54) is 16.9 Å². The van der Waals surface area contributed by atoms with Crippen LogP contribution in [-0.2, 0) is 6.42 Å². The minimum Gasteiger partial charge on any atom is -0.477 e. The summed E-state index contributed by atoms with van der Waals surface area (Å²) in [5, 5.41) is 9.78. The van der Waals surface area contributed by atoms with Gasteiger partial charge in [-0.15, -0.1) is 0 Å². The van der Waals surface area contributed by atoms with Gasteiger partial charge in [0.05, 0.1) is 5.69 Å². The third-order valence-corrected chi connectivity index (χ3v) is 4.14. The predicted molar refractivity (Wildman–Crippen MR) is 77.2 cm³/mol. The van der Waals surface area contributed by atoms with E-state index in [1.807, 2.05) is 30.1 Å². The lowest BCUT2D eigenvalue weighted by Crippen LogP contribution is -2.20. The molecule has 0 aliphatic carbocycles. The van der Waals surface area contributed by atoms with Gasteiger partial charge in [-0.25, -0.2) is 9.78 Å². The van der Waals surface area contributed by atoms with Crippen molar-refractivity contribution in [3.63, 3.8) is 0 Å². The Kier molecular flexibility index (Phi) is 4.16. The van der Waals surface area contributed by atoms with Crippen molar-refractivity contribution < 1.29 is 9.90 Å². The van der Waals surface area contributed by atoms with Crippen LogP contribution in [0.4, 0.5) is 5.13 Å². The molecule has 2 aromatic rings. The lowest BCUT2D eigenvalue weighted by atomic mass is 10.1. The number of anilines is 1. The molecule has 1 aromatic carbocycles. The van der Waals surface area contributed by atoms with Gasteiger partial charge in [0.15, 0.2) is 5.13 Å². The Morgan fingerprint density at radius 3 is 2.63 bits per heavy atom. The van der Waals surface area contributed by atoms with Crippen LogP contribution < -0.4 is 4.90 Å². The normalized spacial score (nSPS) is 10.4. The van der Waals surface area contributed by atoms with Gasteiger partial charge in [-0.3, -0.25) is 0 Å². The highest BCUT2D eigenvalue weighted by Gasteiger charge is 2.16. The van der Waals surface area contributed by atoms with E-state index >= 15 is 0 Å². The van der Waals surface area contributed by atoms with Gasteiger partial charge in [-0.1, -0.05) is 41.7 Å². The number of aryl methyl sites for hydroxylation is 1. The number of hydrogen-bond donors (Lipinski definition) is 1. The third-order valence-electron chi connectivity index (χ3n) is 2.88. The van der Waals surface area contributed by atoms with E-state index in [0.717, 1.165) is 18.1 Å². The molecule has 0 fully saturated rings. The number of rotatable bonds is 5. The van der Waals surface area contributed by atoms with Crippen LogP contribution in [-0.4, -0.2) is 29.7 Å². The zero-order valence-electron chi connectivity index (χ0n) is 11.0. The number of carboxylic acids is 1. The summed E-state index contributed by atoms with van der Waals surface area (Å²) >= 11 is 1.23. The molecule has 5 heteroatoms. The standard InChI is InChI=1S/C14H16N2O2S/c1-10-12(13(17)18)19-14(15-10)16(2)9-8-11-6-4-3-5-7-11/h3-7H,8-9H2,1-2H3,(H,17,18). The molecule has 1 aromatic heterocycles. The number of aromatic nitrogens is 1. The Hall–Kier alpha value is -1.88. The number of carbonyl (C=O) groups is 1. The Labute approximate surface area is 116 Å². The SMILES string of the molecule is Cc1nc(N(C)CCc2ccccc2)sc1C(=O)O. The molecule has 0 saturated carbocycles. The van der Waals surface area contributed by atoms with Crippen molar-refractivity contribution in [2.24, 2.45) is 0 Å². The van der Waals surface area contributed by atoms with Crippen LogP contribution >= 0.6 is 11.3 Å². The first kappa shape index (κ1) is 13.5. The van der Waals surface area contributed by atoms with Gasteiger partial charge >= 0.3 is 5.97 Å². The molecule has 1 heterocycles. The number of hydrogen-bond acceptors (Lipinski definition) is 4. The van der Waals surface area contributed by atoms with E-state index in [-0.39, 0.29) is 0 Å². The Morgan fingerprint density at radius 1 is 1.37 bits per heavy atom. The van der Waals surface area contributed by atoms with Crippen LogP contribution in [0.5, 0.6) is 0 Å². The van der Waals surface area contributed by atoms with Gasteiger partial charge in [0.1, 0.15) is 4.88 Å². The fourth-order valence-corrected chi connectivity index (χ4v) is 2.67. The highest BCUT2D eigenvalue weighted by atomic mass is 32.1. The zero-order chi connectivity index (χ0) is 13.8. The Bertz CT molecular complexity index is 566. The Balaban J connectivity index is 2.02. The monoisotopic (exact) mass is 276 g/mol. The Morgan fingerprint density at radius 2 is 2.05 bits per heavy atom. The number of nitrogens with zero attached hydrogens (tertiary/aromatic N) is 2. The van der Waals surface area contributed by atoms with Gasteiger partial charge in [0, 0.05) is 13.6 Å². The smallest absolute Gasteiger partial charge is 0.347 e. The van der Waals surface area contributed by atoms with E-state index in [4.69, 9.17) is 5.11 Å². The number of thiazole rings is 1. The van der Waals surface area contributed by atoms with Crippen LogP contribution in [0, 0.1) is 6.92 Å². The molecule has 0 aliphatic heterocycles. The highest BCUT2D eigenvalue weighted by molar-refractivity contribution is 7.17. The summed E-state index contributed by atoms with van der Waals surface area (Å²) < 4.78 is 0. The first-order valence-corrected chi connectivity index (χ1v) is 6.85. The maximum absolute atomic E-state index is 11.0. The highest BCUT2D eigenvalue weighted by Crippen LogP contribution is 2.25. The minimum absolute atomic E-state index is 0.321. The molecule has 1 N–H and O–H groups in total. The van der Waals surface area contributed by atoms with Gasteiger partial charge < -0.3 is 10.0 Å². The van der Waals surface area contributed by atoms with Crippen molar-refractivity contribution in [2.45, 2.75) is 13.3 Å². The van der Waals surface area contributed by atoms with Gasteiger partial charge in [0.2, 0.25) is 0 Å². The number of likely N-dealkylation sites (N-methyl/N-ethyl adjacent to an activating group) is 1. The molecule has 0 atom stereocenters. The van der Waals surface area contributed by atoms with E-state index in [1.54, 1.807) is 6.92 Å². The number of benzene rings is 1. The largest absolute Gasteiger partial charge is 0.477 e. The van der Waals surface area contributed by atoms with E-state index in [0.29, 0.717) is 10.6 Å². The van der Waals surface area contributed by atoms with E-state index < -0.39 is 5.97 Å². The van der Waals surface area contributed by atoms with E-state index in [2.05, 4.69) is 17.1 Å². The summed E-state index contributed by atoms with van der Waals surface area (Å²) in [5.74, 6) is -0.905. The molecule has 19 heavy (non-hydrogen) atoms. The second-order valence-electron chi connectivity index (χ2n) is 4.37. The first-order valence-electron chi connectivity index (χ1n) is 6.03. The van der Waals surface area contributed by atoms with Crippen molar-refractivity contribution in [3.8, 4) is 0 Å². The predicted octanol–water partition coefficient (Wildman–Crippen LogP) is 2.83. The molecule has 0 saturated heterocycles. The number of carboxylic acid groups (broad SMARTS) is 1. The van der Waals surface area contributed by atoms with E-state index in [9.17, 15) is 4.79 Å². The van der Waals surface area contributed by atoms with Gasteiger partial charge in [-0.2, -0.15) is 0 Å². The van der Waals surface area contributed by atoms with Crippen LogP contribution in [0.2, 0.25) is 0 Å². The zero-order valence-corrected chi connectivity index (χ0v) is 11.8. The lowest BCUT2D eigenvalue weighted by molar-refractivity contribution is 0.0701. The molecular formula is C14H16N2O2S. The average molecular weight is 276 g/mol.